The van der Waals surface area contributed by atoms with Gasteiger partial charge in [-0.2, -0.15) is 5.26 Å². The quantitative estimate of drug-likeness (QED) is 0.896. The predicted molar refractivity (Wildman–Crippen MR) is 81.5 cm³/mol. The molecule has 1 fully saturated rings. The summed E-state index contributed by atoms with van der Waals surface area (Å²) in [6.07, 6.45) is 0.720. The number of hydrogen-bond donors (Lipinski definition) is 1. The summed E-state index contributed by atoms with van der Waals surface area (Å²) in [6, 6.07) is 8.22. The molecule has 1 aliphatic heterocycles. The largest absolute Gasteiger partial charge is 0.389 e. The van der Waals surface area contributed by atoms with E-state index < -0.39 is 6.10 Å². The molecule has 0 spiro atoms. The molecule has 1 aromatic rings. The van der Waals surface area contributed by atoms with Gasteiger partial charge in [-0.15, -0.1) is 0 Å². The second kappa shape index (κ2) is 5.85. The summed E-state index contributed by atoms with van der Waals surface area (Å²) >= 11 is 0. The Morgan fingerprint density at radius 3 is 2.65 bits per heavy atom. The zero-order valence-electron chi connectivity index (χ0n) is 12.8. The van der Waals surface area contributed by atoms with E-state index in [0.717, 1.165) is 17.8 Å². The summed E-state index contributed by atoms with van der Waals surface area (Å²) in [7, 11) is 0. The average molecular weight is 272 g/mol. The molecule has 0 amide bonds. The van der Waals surface area contributed by atoms with Crippen molar-refractivity contribution in [2.24, 2.45) is 11.8 Å². The fourth-order valence-corrected chi connectivity index (χ4v) is 3.25. The van der Waals surface area contributed by atoms with Crippen molar-refractivity contribution in [2.45, 2.75) is 46.3 Å². The molecule has 2 rings (SSSR count). The number of aliphatic hydroxyl groups is 1. The van der Waals surface area contributed by atoms with Crippen molar-refractivity contribution < 1.29 is 5.11 Å². The van der Waals surface area contributed by atoms with Crippen LogP contribution in [-0.2, 0) is 0 Å². The van der Waals surface area contributed by atoms with Crippen LogP contribution in [0.1, 0.15) is 51.3 Å². The maximum atomic E-state index is 10.0. The Morgan fingerprint density at radius 2 is 2.05 bits per heavy atom. The highest BCUT2D eigenvalue weighted by Gasteiger charge is 2.30. The first-order valence-electron chi connectivity index (χ1n) is 7.42. The van der Waals surface area contributed by atoms with Crippen molar-refractivity contribution in [1.29, 1.82) is 5.26 Å². The van der Waals surface area contributed by atoms with Gasteiger partial charge in [0, 0.05) is 23.8 Å². The molecular formula is C17H24N2O. The molecule has 20 heavy (non-hydrogen) atoms. The minimum absolute atomic E-state index is 0.428. The summed E-state index contributed by atoms with van der Waals surface area (Å²) in [5.74, 6) is 1.25. The monoisotopic (exact) mass is 272 g/mol. The highest BCUT2D eigenvalue weighted by Crippen LogP contribution is 2.35. The van der Waals surface area contributed by atoms with Crippen molar-refractivity contribution in [3.05, 3.63) is 29.3 Å². The lowest BCUT2D eigenvalue weighted by Gasteiger charge is -2.43. The Balaban J connectivity index is 2.46. The Labute approximate surface area is 121 Å². The van der Waals surface area contributed by atoms with E-state index in [1.54, 1.807) is 13.0 Å². The van der Waals surface area contributed by atoms with Gasteiger partial charge in [-0.3, -0.25) is 0 Å². The van der Waals surface area contributed by atoms with Gasteiger partial charge >= 0.3 is 0 Å². The van der Waals surface area contributed by atoms with Crippen molar-refractivity contribution in [3.8, 4) is 6.07 Å². The lowest BCUT2D eigenvalue weighted by molar-refractivity contribution is 0.198. The fourth-order valence-electron chi connectivity index (χ4n) is 3.25. The molecule has 1 aliphatic rings. The van der Waals surface area contributed by atoms with E-state index in [1.165, 1.54) is 6.42 Å². The van der Waals surface area contributed by atoms with Gasteiger partial charge in [-0.25, -0.2) is 0 Å². The smallest absolute Gasteiger partial charge is 0.0992 e. The number of nitriles is 1. The molecule has 0 bridgehead atoms. The van der Waals surface area contributed by atoms with Gasteiger partial charge in [0.15, 0.2) is 0 Å². The number of piperidine rings is 1. The molecule has 1 saturated heterocycles. The molecular weight excluding hydrogens is 248 g/mol. The third-order valence-electron chi connectivity index (χ3n) is 4.52. The van der Waals surface area contributed by atoms with Crippen molar-refractivity contribution >= 4 is 5.69 Å². The zero-order valence-corrected chi connectivity index (χ0v) is 12.8. The summed E-state index contributed by atoms with van der Waals surface area (Å²) in [5, 5.41) is 19.1. The Morgan fingerprint density at radius 1 is 1.35 bits per heavy atom. The van der Waals surface area contributed by atoms with E-state index in [-0.39, 0.29) is 0 Å². The topological polar surface area (TPSA) is 47.3 Å². The molecule has 4 atom stereocenters. The zero-order chi connectivity index (χ0) is 14.9. The molecule has 108 valence electrons. The number of anilines is 1. The van der Waals surface area contributed by atoms with Gasteiger partial charge in [0.1, 0.15) is 0 Å². The van der Waals surface area contributed by atoms with Crippen molar-refractivity contribution in [3.63, 3.8) is 0 Å². The van der Waals surface area contributed by atoms with Crippen LogP contribution in [0.5, 0.6) is 0 Å². The molecule has 0 aliphatic carbocycles. The molecule has 1 heterocycles. The van der Waals surface area contributed by atoms with Gasteiger partial charge in [-0.05, 0) is 44.2 Å². The van der Waals surface area contributed by atoms with Crippen LogP contribution in [0.25, 0.3) is 0 Å². The number of nitrogens with zero attached hydrogens (tertiary/aromatic N) is 2. The highest BCUT2D eigenvalue weighted by atomic mass is 16.3. The summed E-state index contributed by atoms with van der Waals surface area (Å²) in [5.41, 5.74) is 2.59. The van der Waals surface area contributed by atoms with Crippen LogP contribution < -0.4 is 4.90 Å². The van der Waals surface area contributed by atoms with E-state index in [0.29, 0.717) is 23.4 Å². The first-order valence-corrected chi connectivity index (χ1v) is 7.42. The molecule has 3 heteroatoms. The molecule has 3 unspecified atom stereocenters. The third kappa shape index (κ3) is 2.81. The summed E-state index contributed by atoms with van der Waals surface area (Å²) in [4.78, 5) is 2.36. The number of hydrogen-bond acceptors (Lipinski definition) is 3. The third-order valence-corrected chi connectivity index (χ3v) is 4.52. The molecule has 1 aromatic carbocycles. The summed E-state index contributed by atoms with van der Waals surface area (Å²) < 4.78 is 0. The van der Waals surface area contributed by atoms with Crippen LogP contribution in [0.3, 0.4) is 0 Å². The Kier molecular flexibility index (Phi) is 4.35. The van der Waals surface area contributed by atoms with E-state index >= 15 is 0 Å². The van der Waals surface area contributed by atoms with Crippen molar-refractivity contribution in [2.75, 3.05) is 11.4 Å². The maximum Gasteiger partial charge on any atom is 0.0992 e. The van der Waals surface area contributed by atoms with E-state index in [9.17, 15) is 5.11 Å². The minimum Gasteiger partial charge on any atom is -0.389 e. The lowest BCUT2D eigenvalue weighted by atomic mass is 9.85. The van der Waals surface area contributed by atoms with Crippen LogP contribution >= 0.6 is 0 Å². The van der Waals surface area contributed by atoms with E-state index in [2.05, 4.69) is 31.7 Å². The molecule has 0 saturated carbocycles. The Hall–Kier alpha value is -1.53. The minimum atomic E-state index is -0.516. The number of aliphatic hydroxyl groups excluding tert-OH is 1. The average Bonchev–Trinajstić information content (AvgIpc) is 2.42. The van der Waals surface area contributed by atoms with Crippen LogP contribution in [0.15, 0.2) is 18.2 Å². The van der Waals surface area contributed by atoms with E-state index in [4.69, 9.17) is 5.26 Å². The van der Waals surface area contributed by atoms with Crippen molar-refractivity contribution in [1.82, 2.24) is 0 Å². The maximum absolute atomic E-state index is 10.0. The fraction of sp³-hybridized carbons (Fsp3) is 0.588. The second-order valence-electron chi connectivity index (χ2n) is 6.27. The van der Waals surface area contributed by atoms with Gasteiger partial charge in [0.25, 0.3) is 0 Å². The van der Waals surface area contributed by atoms with E-state index in [1.807, 2.05) is 12.1 Å². The normalized spacial score (nSPS) is 28.0. The van der Waals surface area contributed by atoms with Gasteiger partial charge < -0.3 is 10.0 Å². The molecule has 3 nitrogen and oxygen atoms in total. The standard InChI is InChI=1S/C17H24N2O/c1-11-7-12(2)13(3)19(10-11)17-8-15(9-18)5-6-16(17)14(4)20/h5-6,8,11-14,20H,7,10H2,1-4H3/t11?,12?,13?,14-/m1/s1. The molecule has 0 aromatic heterocycles. The molecule has 0 radical (unpaired) electrons. The lowest BCUT2D eigenvalue weighted by Crippen LogP contribution is -2.46. The molecule has 1 N–H and O–H groups in total. The Bertz CT molecular complexity index is 518. The second-order valence-corrected chi connectivity index (χ2v) is 6.27. The SMILES string of the molecule is CC1CC(C)C(C)N(c2cc(C#N)ccc2[C@@H](C)O)C1. The first kappa shape index (κ1) is 14.9. The van der Waals surface area contributed by atoms with Crippen LogP contribution in [-0.4, -0.2) is 17.7 Å². The summed E-state index contributed by atoms with van der Waals surface area (Å²) in [6.45, 7) is 9.56. The van der Waals surface area contributed by atoms with Crippen LogP contribution in [0, 0.1) is 23.2 Å². The number of benzene rings is 1. The van der Waals surface area contributed by atoms with Gasteiger partial charge in [-0.1, -0.05) is 19.9 Å². The van der Waals surface area contributed by atoms with Crippen LogP contribution in [0.2, 0.25) is 0 Å². The predicted octanol–water partition coefficient (Wildman–Crippen LogP) is 3.48. The van der Waals surface area contributed by atoms with Gasteiger partial charge in [0.05, 0.1) is 17.7 Å². The highest BCUT2D eigenvalue weighted by molar-refractivity contribution is 5.59. The van der Waals surface area contributed by atoms with Crippen LogP contribution in [0.4, 0.5) is 5.69 Å². The first-order chi connectivity index (χ1) is 9.43. The van der Waals surface area contributed by atoms with Gasteiger partial charge in [0.2, 0.25) is 0 Å². The number of rotatable bonds is 2.